The van der Waals surface area contributed by atoms with E-state index in [1.165, 1.54) is 0 Å². The smallest absolute Gasteiger partial charge is 0.321 e. The summed E-state index contributed by atoms with van der Waals surface area (Å²) in [6, 6.07) is 7.07. The Labute approximate surface area is 107 Å². The molecule has 0 saturated heterocycles. The van der Waals surface area contributed by atoms with Gasteiger partial charge in [-0.3, -0.25) is 4.79 Å². The molecule has 5 nitrogen and oxygen atoms in total. The Hall–Kier alpha value is -1.56. The van der Waals surface area contributed by atoms with Gasteiger partial charge in [-0.05, 0) is 25.0 Å². The highest BCUT2D eigenvalue weighted by Gasteiger charge is 2.17. The Kier molecular flexibility index (Phi) is 5.15. The summed E-state index contributed by atoms with van der Waals surface area (Å²) < 4.78 is 27.9. The van der Waals surface area contributed by atoms with E-state index >= 15 is 0 Å². The van der Waals surface area contributed by atoms with Crippen LogP contribution in [0, 0.1) is 0 Å². The van der Waals surface area contributed by atoms with Gasteiger partial charge in [-0.1, -0.05) is 18.2 Å². The molecule has 100 valence electrons. The highest BCUT2D eigenvalue weighted by molar-refractivity contribution is 7.92. The third-order valence-electron chi connectivity index (χ3n) is 2.38. The van der Waals surface area contributed by atoms with Crippen LogP contribution < -0.4 is 5.73 Å². The summed E-state index contributed by atoms with van der Waals surface area (Å²) in [6.45, 7) is 1.81. The molecule has 0 atom stereocenters. The average molecular weight is 271 g/mol. The first-order valence-corrected chi connectivity index (χ1v) is 7.46. The fourth-order valence-corrected chi connectivity index (χ4v) is 2.60. The number of rotatable bonds is 6. The van der Waals surface area contributed by atoms with Gasteiger partial charge in [0.05, 0.1) is 12.4 Å². The van der Waals surface area contributed by atoms with Crippen LogP contribution >= 0.6 is 0 Å². The molecule has 1 aromatic carbocycles. The molecule has 1 rings (SSSR count). The Bertz CT molecular complexity index is 511. The van der Waals surface area contributed by atoms with Crippen molar-refractivity contribution in [2.75, 3.05) is 23.8 Å². The topological polar surface area (TPSA) is 86.5 Å². The largest absolute Gasteiger partial charge is 0.465 e. The van der Waals surface area contributed by atoms with E-state index in [0.717, 1.165) is 5.56 Å². The number of sulfone groups is 1. The summed E-state index contributed by atoms with van der Waals surface area (Å²) in [5.74, 6) is -1.40. The van der Waals surface area contributed by atoms with Gasteiger partial charge in [0.2, 0.25) is 0 Å². The number of benzene rings is 1. The number of hydrogen-bond acceptors (Lipinski definition) is 5. The van der Waals surface area contributed by atoms with Crippen molar-refractivity contribution in [1.29, 1.82) is 0 Å². The lowest BCUT2D eigenvalue weighted by Gasteiger charge is -2.06. The number of carbonyl (C=O) groups excluding carboxylic acids is 1. The molecule has 1 aromatic rings. The minimum atomic E-state index is -3.45. The van der Waals surface area contributed by atoms with Gasteiger partial charge in [-0.2, -0.15) is 0 Å². The molecule has 18 heavy (non-hydrogen) atoms. The monoisotopic (exact) mass is 271 g/mol. The van der Waals surface area contributed by atoms with E-state index in [9.17, 15) is 13.2 Å². The van der Waals surface area contributed by atoms with E-state index in [0.29, 0.717) is 12.1 Å². The van der Waals surface area contributed by atoms with Crippen molar-refractivity contribution < 1.29 is 17.9 Å². The van der Waals surface area contributed by atoms with E-state index in [2.05, 4.69) is 4.74 Å². The van der Waals surface area contributed by atoms with Crippen LogP contribution in [-0.4, -0.2) is 32.5 Å². The van der Waals surface area contributed by atoms with Gasteiger partial charge in [-0.25, -0.2) is 8.42 Å². The van der Waals surface area contributed by atoms with Gasteiger partial charge in [-0.15, -0.1) is 0 Å². The SMILES string of the molecule is CCOC(=O)CS(=O)(=O)CCc1ccccc1N. The van der Waals surface area contributed by atoms with Crippen LogP contribution in [0.5, 0.6) is 0 Å². The van der Waals surface area contributed by atoms with E-state index in [1.54, 1.807) is 31.2 Å². The molecular formula is C12H17NO4S. The zero-order valence-corrected chi connectivity index (χ0v) is 11.1. The second kappa shape index (κ2) is 6.39. The van der Waals surface area contributed by atoms with Crippen molar-refractivity contribution in [3.05, 3.63) is 29.8 Å². The minimum absolute atomic E-state index is 0.111. The van der Waals surface area contributed by atoms with Gasteiger partial charge in [0, 0.05) is 5.69 Å². The predicted octanol–water partition coefficient (Wildman–Crippen LogP) is 0.789. The number of nitrogen functional groups attached to an aromatic ring is 1. The lowest BCUT2D eigenvalue weighted by atomic mass is 10.1. The normalized spacial score (nSPS) is 11.2. The first-order valence-electron chi connectivity index (χ1n) is 5.64. The molecule has 0 fully saturated rings. The first kappa shape index (κ1) is 14.5. The standard InChI is InChI=1S/C12H17NO4S/c1-2-17-12(14)9-18(15,16)8-7-10-5-3-4-6-11(10)13/h3-6H,2,7-9,13H2,1H3. The van der Waals surface area contributed by atoms with E-state index in [4.69, 9.17) is 5.73 Å². The molecule has 0 saturated carbocycles. The number of carbonyl (C=O) groups is 1. The molecule has 0 aliphatic heterocycles. The molecule has 0 aliphatic carbocycles. The number of esters is 1. The van der Waals surface area contributed by atoms with Crippen molar-refractivity contribution in [2.24, 2.45) is 0 Å². The van der Waals surface area contributed by atoms with Crippen LogP contribution in [0.3, 0.4) is 0 Å². The van der Waals surface area contributed by atoms with Gasteiger partial charge < -0.3 is 10.5 Å². The number of aryl methyl sites for hydroxylation is 1. The zero-order chi connectivity index (χ0) is 13.6. The number of para-hydroxylation sites is 1. The minimum Gasteiger partial charge on any atom is -0.465 e. The van der Waals surface area contributed by atoms with E-state index in [1.807, 2.05) is 0 Å². The fraction of sp³-hybridized carbons (Fsp3) is 0.417. The highest BCUT2D eigenvalue weighted by atomic mass is 32.2. The number of nitrogens with two attached hydrogens (primary N) is 1. The molecule has 0 amide bonds. The number of anilines is 1. The summed E-state index contributed by atoms with van der Waals surface area (Å²) in [6.07, 6.45) is 0.300. The second-order valence-electron chi connectivity index (χ2n) is 3.85. The van der Waals surface area contributed by atoms with Crippen molar-refractivity contribution in [3.63, 3.8) is 0 Å². The fourth-order valence-electron chi connectivity index (χ4n) is 1.48. The van der Waals surface area contributed by atoms with E-state index in [-0.39, 0.29) is 12.4 Å². The Balaban J connectivity index is 2.57. The second-order valence-corrected chi connectivity index (χ2v) is 6.03. The molecule has 0 bridgehead atoms. The summed E-state index contributed by atoms with van der Waals surface area (Å²) in [5.41, 5.74) is 7.04. The summed E-state index contributed by atoms with van der Waals surface area (Å²) in [5, 5.41) is 0. The van der Waals surface area contributed by atoms with Crippen LogP contribution in [0.1, 0.15) is 12.5 Å². The highest BCUT2D eigenvalue weighted by Crippen LogP contribution is 2.12. The summed E-state index contributed by atoms with van der Waals surface area (Å²) >= 11 is 0. The summed E-state index contributed by atoms with van der Waals surface area (Å²) in [4.78, 5) is 11.1. The van der Waals surface area contributed by atoms with Gasteiger partial charge >= 0.3 is 5.97 Å². The predicted molar refractivity (Wildman–Crippen MR) is 69.8 cm³/mol. The average Bonchev–Trinajstić information content (AvgIpc) is 2.27. The maximum Gasteiger partial charge on any atom is 0.321 e. The van der Waals surface area contributed by atoms with Crippen molar-refractivity contribution in [2.45, 2.75) is 13.3 Å². The molecule has 0 aliphatic rings. The van der Waals surface area contributed by atoms with Crippen molar-refractivity contribution >= 4 is 21.5 Å². The Morgan fingerprint density at radius 3 is 2.61 bits per heavy atom. The van der Waals surface area contributed by atoms with Gasteiger partial charge in [0.25, 0.3) is 0 Å². The van der Waals surface area contributed by atoms with Crippen LogP contribution in [0.25, 0.3) is 0 Å². The molecule has 6 heteroatoms. The maximum atomic E-state index is 11.7. The van der Waals surface area contributed by atoms with Crippen LogP contribution in [-0.2, 0) is 25.8 Å². The molecule has 0 heterocycles. The molecule has 0 aromatic heterocycles. The van der Waals surface area contributed by atoms with Gasteiger partial charge in [0.15, 0.2) is 9.84 Å². The van der Waals surface area contributed by atoms with Crippen LogP contribution in [0.4, 0.5) is 5.69 Å². The molecular weight excluding hydrogens is 254 g/mol. The van der Waals surface area contributed by atoms with Crippen LogP contribution in [0.15, 0.2) is 24.3 Å². The van der Waals surface area contributed by atoms with Crippen LogP contribution in [0.2, 0.25) is 0 Å². The Morgan fingerprint density at radius 2 is 2.00 bits per heavy atom. The molecule has 2 N–H and O–H groups in total. The lowest BCUT2D eigenvalue weighted by Crippen LogP contribution is -2.22. The number of hydrogen-bond donors (Lipinski definition) is 1. The first-order chi connectivity index (χ1) is 8.44. The van der Waals surface area contributed by atoms with E-state index < -0.39 is 21.6 Å². The third-order valence-corrected chi connectivity index (χ3v) is 3.88. The van der Waals surface area contributed by atoms with Crippen molar-refractivity contribution in [3.8, 4) is 0 Å². The van der Waals surface area contributed by atoms with Crippen molar-refractivity contribution in [1.82, 2.24) is 0 Å². The molecule has 0 radical (unpaired) electrons. The summed E-state index contributed by atoms with van der Waals surface area (Å²) in [7, 11) is -3.45. The molecule has 0 unspecified atom stereocenters. The zero-order valence-electron chi connectivity index (χ0n) is 10.3. The Morgan fingerprint density at radius 1 is 1.33 bits per heavy atom. The molecule has 0 spiro atoms. The lowest BCUT2D eigenvalue weighted by molar-refractivity contribution is -0.139. The maximum absolute atomic E-state index is 11.7. The quantitative estimate of drug-likeness (QED) is 0.610. The number of ether oxygens (including phenoxy) is 1. The third kappa shape index (κ3) is 4.75. The van der Waals surface area contributed by atoms with Gasteiger partial charge in [0.1, 0.15) is 5.75 Å².